The lowest BCUT2D eigenvalue weighted by Crippen LogP contribution is -2.28. The molecule has 0 fully saturated rings. The van der Waals surface area contributed by atoms with Crippen molar-refractivity contribution >= 4 is 11.0 Å². The van der Waals surface area contributed by atoms with Gasteiger partial charge in [0, 0.05) is 5.39 Å². The molecule has 0 radical (unpaired) electrons. The highest BCUT2D eigenvalue weighted by Gasteiger charge is 2.19. The number of rotatable bonds is 4. The molecule has 1 atom stereocenters. The van der Waals surface area contributed by atoms with Gasteiger partial charge >= 0.3 is 0 Å². The summed E-state index contributed by atoms with van der Waals surface area (Å²) in [6.45, 7) is 8.80. The second kappa shape index (κ2) is 5.35. The highest BCUT2D eigenvalue weighted by Crippen LogP contribution is 2.30. The van der Waals surface area contributed by atoms with Crippen LogP contribution in [0.25, 0.3) is 11.0 Å². The largest absolute Gasteiger partial charge is 0.459 e. The first kappa shape index (κ1) is 14.1. The first-order valence-electron chi connectivity index (χ1n) is 6.85. The van der Waals surface area contributed by atoms with Crippen LogP contribution in [-0.4, -0.2) is 0 Å². The molecule has 2 rings (SSSR count). The van der Waals surface area contributed by atoms with E-state index in [4.69, 9.17) is 10.3 Å². The predicted molar refractivity (Wildman–Crippen MR) is 79.7 cm³/mol. The zero-order chi connectivity index (χ0) is 14.0. The topological polar surface area (TPSA) is 51.2 Å². The van der Waals surface area contributed by atoms with Gasteiger partial charge in [0.25, 0.3) is 0 Å². The molecule has 104 valence electrons. The number of aryl methyl sites for hydroxylation is 1. The number of fused-ring (bicyclic) bond motifs is 1. The summed E-state index contributed by atoms with van der Waals surface area (Å²) >= 11 is 0. The van der Waals surface area contributed by atoms with E-state index in [0.717, 1.165) is 29.6 Å². The molecule has 2 aromatic rings. The summed E-state index contributed by atoms with van der Waals surface area (Å²) in [5.41, 5.74) is 5.35. The Morgan fingerprint density at radius 2 is 2.00 bits per heavy atom. The molecule has 0 spiro atoms. The third kappa shape index (κ3) is 3.58. The van der Waals surface area contributed by atoms with Gasteiger partial charge in [-0.1, -0.05) is 32.4 Å². The molecule has 19 heavy (non-hydrogen) atoms. The second-order valence-electron chi connectivity index (χ2n) is 6.51. The molecule has 3 N–H and O–H groups in total. The van der Waals surface area contributed by atoms with E-state index in [1.54, 1.807) is 0 Å². The van der Waals surface area contributed by atoms with Gasteiger partial charge in [-0.3, -0.25) is 5.84 Å². The van der Waals surface area contributed by atoms with E-state index < -0.39 is 0 Å². The van der Waals surface area contributed by atoms with Crippen LogP contribution in [0.1, 0.15) is 51.0 Å². The van der Waals surface area contributed by atoms with Crippen molar-refractivity contribution in [3.8, 4) is 0 Å². The van der Waals surface area contributed by atoms with Gasteiger partial charge in [0.05, 0.1) is 6.04 Å². The first-order chi connectivity index (χ1) is 8.89. The molecule has 0 bridgehead atoms. The standard InChI is InChI=1S/C16H24N2O/c1-11-5-6-14-12(9-11)10-15(19-14)13(18-17)7-8-16(2,3)4/h5-6,9-10,13,18H,7-8,17H2,1-4H3. The van der Waals surface area contributed by atoms with Crippen LogP contribution in [0.2, 0.25) is 0 Å². The minimum atomic E-state index is 0.0759. The van der Waals surface area contributed by atoms with Crippen molar-refractivity contribution in [1.29, 1.82) is 0 Å². The van der Waals surface area contributed by atoms with Gasteiger partial charge in [0.2, 0.25) is 0 Å². The van der Waals surface area contributed by atoms with E-state index in [1.165, 1.54) is 5.56 Å². The molecule has 1 unspecified atom stereocenters. The van der Waals surface area contributed by atoms with Gasteiger partial charge in [-0.2, -0.15) is 0 Å². The Morgan fingerprint density at radius 1 is 1.26 bits per heavy atom. The van der Waals surface area contributed by atoms with Crippen LogP contribution in [0.15, 0.2) is 28.7 Å². The number of nitrogens with one attached hydrogen (secondary N) is 1. The van der Waals surface area contributed by atoms with Gasteiger partial charge in [-0.05, 0) is 43.4 Å². The average molecular weight is 260 g/mol. The molecule has 0 aliphatic heterocycles. The molecular weight excluding hydrogens is 236 g/mol. The Morgan fingerprint density at radius 3 is 2.63 bits per heavy atom. The van der Waals surface area contributed by atoms with E-state index >= 15 is 0 Å². The number of benzene rings is 1. The van der Waals surface area contributed by atoms with Gasteiger partial charge in [0.15, 0.2) is 0 Å². The minimum absolute atomic E-state index is 0.0759. The zero-order valence-electron chi connectivity index (χ0n) is 12.3. The number of furan rings is 1. The predicted octanol–water partition coefficient (Wildman–Crippen LogP) is 4.07. The highest BCUT2D eigenvalue weighted by molar-refractivity contribution is 5.78. The van der Waals surface area contributed by atoms with Gasteiger partial charge in [0.1, 0.15) is 11.3 Å². The summed E-state index contributed by atoms with van der Waals surface area (Å²) in [6, 6.07) is 8.39. The Bertz CT molecular complexity index is 551. The summed E-state index contributed by atoms with van der Waals surface area (Å²) in [6.07, 6.45) is 2.07. The normalized spacial score (nSPS) is 13.9. The summed E-state index contributed by atoms with van der Waals surface area (Å²) < 4.78 is 5.90. The van der Waals surface area contributed by atoms with Crippen molar-refractivity contribution in [2.45, 2.75) is 46.6 Å². The van der Waals surface area contributed by atoms with Crippen molar-refractivity contribution in [2.75, 3.05) is 0 Å². The van der Waals surface area contributed by atoms with Crippen LogP contribution < -0.4 is 11.3 Å². The van der Waals surface area contributed by atoms with Crippen LogP contribution in [0.4, 0.5) is 0 Å². The van der Waals surface area contributed by atoms with E-state index in [-0.39, 0.29) is 6.04 Å². The Hall–Kier alpha value is -1.32. The average Bonchev–Trinajstić information content (AvgIpc) is 2.71. The fourth-order valence-corrected chi connectivity index (χ4v) is 2.24. The van der Waals surface area contributed by atoms with Gasteiger partial charge in [-0.15, -0.1) is 0 Å². The van der Waals surface area contributed by atoms with E-state index in [9.17, 15) is 0 Å². The lowest BCUT2D eigenvalue weighted by molar-refractivity contribution is 0.315. The molecule has 0 saturated carbocycles. The highest BCUT2D eigenvalue weighted by atomic mass is 16.3. The Kier molecular flexibility index (Phi) is 3.97. The van der Waals surface area contributed by atoms with Gasteiger partial charge < -0.3 is 4.42 Å². The molecule has 3 nitrogen and oxygen atoms in total. The SMILES string of the molecule is Cc1ccc2oc(C(CCC(C)(C)C)NN)cc2c1. The lowest BCUT2D eigenvalue weighted by Gasteiger charge is -2.21. The van der Waals surface area contributed by atoms with Crippen LogP contribution in [-0.2, 0) is 0 Å². The third-order valence-electron chi connectivity index (χ3n) is 3.42. The number of hydrazine groups is 1. The van der Waals surface area contributed by atoms with Crippen molar-refractivity contribution < 1.29 is 4.42 Å². The molecule has 1 heterocycles. The quantitative estimate of drug-likeness (QED) is 0.643. The van der Waals surface area contributed by atoms with Crippen molar-refractivity contribution in [3.05, 3.63) is 35.6 Å². The summed E-state index contributed by atoms with van der Waals surface area (Å²) in [4.78, 5) is 0. The molecule has 1 aromatic heterocycles. The maximum Gasteiger partial charge on any atom is 0.134 e. The Labute approximate surface area is 115 Å². The summed E-state index contributed by atoms with van der Waals surface area (Å²) in [5.74, 6) is 6.60. The van der Waals surface area contributed by atoms with Crippen molar-refractivity contribution in [1.82, 2.24) is 5.43 Å². The fourth-order valence-electron chi connectivity index (χ4n) is 2.24. The van der Waals surface area contributed by atoms with Crippen LogP contribution in [0.3, 0.4) is 0 Å². The first-order valence-corrected chi connectivity index (χ1v) is 6.85. The van der Waals surface area contributed by atoms with Crippen molar-refractivity contribution in [2.24, 2.45) is 11.3 Å². The molecule has 0 aliphatic carbocycles. The fraction of sp³-hybridized carbons (Fsp3) is 0.500. The van der Waals surface area contributed by atoms with Crippen LogP contribution in [0.5, 0.6) is 0 Å². The van der Waals surface area contributed by atoms with Gasteiger partial charge in [-0.25, -0.2) is 5.43 Å². The van der Waals surface area contributed by atoms with Crippen molar-refractivity contribution in [3.63, 3.8) is 0 Å². The monoisotopic (exact) mass is 260 g/mol. The maximum atomic E-state index is 5.90. The van der Waals surface area contributed by atoms with Crippen LogP contribution >= 0.6 is 0 Å². The minimum Gasteiger partial charge on any atom is -0.459 e. The molecule has 0 saturated heterocycles. The number of hydrogen-bond acceptors (Lipinski definition) is 3. The summed E-state index contributed by atoms with van der Waals surface area (Å²) in [5, 5.41) is 1.14. The Balaban J connectivity index is 2.20. The molecular formula is C16H24N2O. The van der Waals surface area contributed by atoms with E-state index in [0.29, 0.717) is 5.41 Å². The number of hydrogen-bond donors (Lipinski definition) is 2. The lowest BCUT2D eigenvalue weighted by atomic mass is 9.88. The zero-order valence-corrected chi connectivity index (χ0v) is 12.3. The third-order valence-corrected chi connectivity index (χ3v) is 3.42. The van der Waals surface area contributed by atoms with E-state index in [2.05, 4.69) is 51.3 Å². The summed E-state index contributed by atoms with van der Waals surface area (Å²) in [7, 11) is 0. The molecule has 3 heteroatoms. The van der Waals surface area contributed by atoms with Crippen LogP contribution in [0, 0.1) is 12.3 Å². The smallest absolute Gasteiger partial charge is 0.134 e. The molecule has 1 aromatic carbocycles. The maximum absolute atomic E-state index is 5.90. The van der Waals surface area contributed by atoms with E-state index in [1.807, 2.05) is 6.07 Å². The second-order valence-corrected chi connectivity index (χ2v) is 6.51. The number of nitrogens with two attached hydrogens (primary N) is 1. The molecule has 0 amide bonds. The molecule has 0 aliphatic rings.